The molecule has 1 N–H and O–H groups in total. The number of aromatic nitrogens is 3. The lowest BCUT2D eigenvalue weighted by molar-refractivity contribution is -0.118. The molecule has 0 bridgehead atoms. The summed E-state index contributed by atoms with van der Waals surface area (Å²) < 4.78 is 7.28. The van der Waals surface area contributed by atoms with Crippen molar-refractivity contribution in [3.8, 4) is 17.1 Å². The minimum absolute atomic E-state index is 0.0000895. The summed E-state index contributed by atoms with van der Waals surface area (Å²) >= 11 is 1.38. The molecule has 0 atom stereocenters. The van der Waals surface area contributed by atoms with Crippen LogP contribution in [0.15, 0.2) is 59.8 Å². The number of methoxy groups -OCH3 is 1. The van der Waals surface area contributed by atoms with E-state index in [-0.39, 0.29) is 5.91 Å². The molecule has 3 rings (SSSR count). The first kappa shape index (κ1) is 19.9. The Bertz CT molecular complexity index is 912. The third-order valence-electron chi connectivity index (χ3n) is 4.32. The van der Waals surface area contributed by atoms with Gasteiger partial charge in [-0.05, 0) is 30.5 Å². The van der Waals surface area contributed by atoms with Crippen LogP contribution in [0.2, 0.25) is 0 Å². The summed E-state index contributed by atoms with van der Waals surface area (Å²) in [6.07, 6.45) is 1.88. The second kappa shape index (κ2) is 9.94. The van der Waals surface area contributed by atoms with Gasteiger partial charge in [-0.3, -0.25) is 4.79 Å². The number of amides is 1. The van der Waals surface area contributed by atoms with Crippen LogP contribution >= 0.6 is 11.8 Å². The maximum absolute atomic E-state index is 12.1. The maximum Gasteiger partial charge on any atom is 0.230 e. The number of carbonyl (C=O) groups is 1. The van der Waals surface area contributed by atoms with E-state index in [1.807, 2.05) is 54.1 Å². The normalized spacial score (nSPS) is 10.6. The number of nitrogens with zero attached hydrogens (tertiary/aromatic N) is 3. The Morgan fingerprint density at radius 2 is 1.86 bits per heavy atom. The molecule has 0 aliphatic heterocycles. The van der Waals surface area contributed by atoms with E-state index < -0.39 is 0 Å². The summed E-state index contributed by atoms with van der Waals surface area (Å²) in [5.41, 5.74) is 2.16. The zero-order valence-electron chi connectivity index (χ0n) is 16.1. The predicted octanol–water partition coefficient (Wildman–Crippen LogP) is 3.33. The van der Waals surface area contributed by atoms with Crippen LogP contribution in [0.25, 0.3) is 11.4 Å². The predicted molar refractivity (Wildman–Crippen MR) is 111 cm³/mol. The van der Waals surface area contributed by atoms with E-state index in [4.69, 9.17) is 4.74 Å². The molecule has 28 heavy (non-hydrogen) atoms. The van der Waals surface area contributed by atoms with Crippen LogP contribution in [0.1, 0.15) is 12.0 Å². The van der Waals surface area contributed by atoms with E-state index in [0.29, 0.717) is 23.3 Å². The van der Waals surface area contributed by atoms with Gasteiger partial charge < -0.3 is 14.6 Å². The van der Waals surface area contributed by atoms with Crippen LogP contribution in [0.4, 0.5) is 0 Å². The molecule has 2 aromatic carbocycles. The first-order valence-electron chi connectivity index (χ1n) is 9.15. The van der Waals surface area contributed by atoms with Gasteiger partial charge in [0.25, 0.3) is 0 Å². The molecular weight excluding hydrogens is 372 g/mol. The van der Waals surface area contributed by atoms with E-state index in [0.717, 1.165) is 24.2 Å². The minimum atomic E-state index is -0.0000895. The molecule has 0 radical (unpaired) electrons. The van der Waals surface area contributed by atoms with Gasteiger partial charge in [-0.1, -0.05) is 54.2 Å². The van der Waals surface area contributed by atoms with Gasteiger partial charge >= 0.3 is 0 Å². The highest BCUT2D eigenvalue weighted by Gasteiger charge is 2.15. The van der Waals surface area contributed by atoms with Gasteiger partial charge in [-0.2, -0.15) is 0 Å². The van der Waals surface area contributed by atoms with Crippen molar-refractivity contribution in [2.24, 2.45) is 7.05 Å². The Morgan fingerprint density at radius 3 is 2.64 bits per heavy atom. The quantitative estimate of drug-likeness (QED) is 0.444. The highest BCUT2D eigenvalue weighted by molar-refractivity contribution is 7.99. The maximum atomic E-state index is 12.1. The summed E-state index contributed by atoms with van der Waals surface area (Å²) in [7, 11) is 3.52. The molecule has 0 aliphatic rings. The first-order chi connectivity index (χ1) is 13.7. The molecule has 0 saturated carbocycles. The van der Waals surface area contributed by atoms with Crippen LogP contribution in [-0.4, -0.2) is 40.1 Å². The van der Waals surface area contributed by atoms with Gasteiger partial charge in [0.1, 0.15) is 5.75 Å². The highest BCUT2D eigenvalue weighted by Crippen LogP contribution is 2.29. The largest absolute Gasteiger partial charge is 0.496 e. The summed E-state index contributed by atoms with van der Waals surface area (Å²) in [6.45, 7) is 0.666. The fraction of sp³-hybridized carbons (Fsp3) is 0.286. The lowest BCUT2D eigenvalue weighted by Gasteiger charge is -2.08. The number of hydrogen-bond acceptors (Lipinski definition) is 5. The molecule has 1 heterocycles. The molecule has 1 amide bonds. The molecule has 0 spiro atoms. The van der Waals surface area contributed by atoms with Gasteiger partial charge in [0.2, 0.25) is 5.91 Å². The van der Waals surface area contributed by atoms with E-state index >= 15 is 0 Å². The number of benzene rings is 2. The van der Waals surface area contributed by atoms with Crippen molar-refractivity contribution in [2.45, 2.75) is 18.0 Å². The Morgan fingerprint density at radius 1 is 1.11 bits per heavy atom. The number of carbonyl (C=O) groups excluding carboxylic acids is 1. The average molecular weight is 397 g/mol. The Hall–Kier alpha value is -2.80. The second-order valence-corrected chi connectivity index (χ2v) is 7.24. The SMILES string of the molecule is COc1ccccc1-c1nnc(SCC(=O)NCCCc2ccccc2)n1C. The van der Waals surface area contributed by atoms with Crippen LogP contribution in [0.5, 0.6) is 5.75 Å². The molecule has 0 fully saturated rings. The molecule has 7 heteroatoms. The van der Waals surface area contributed by atoms with Crippen molar-refractivity contribution in [3.63, 3.8) is 0 Å². The second-order valence-electron chi connectivity index (χ2n) is 6.29. The Kier molecular flexibility index (Phi) is 7.08. The van der Waals surface area contributed by atoms with E-state index in [1.165, 1.54) is 17.3 Å². The summed E-state index contributed by atoms with van der Waals surface area (Å²) in [5.74, 6) is 1.76. The number of hydrogen-bond donors (Lipinski definition) is 1. The van der Waals surface area contributed by atoms with Gasteiger partial charge in [-0.25, -0.2) is 0 Å². The number of para-hydroxylation sites is 1. The molecule has 3 aromatic rings. The number of nitrogens with one attached hydrogen (secondary N) is 1. The zero-order chi connectivity index (χ0) is 19.8. The van der Waals surface area contributed by atoms with Crippen LogP contribution < -0.4 is 10.1 Å². The average Bonchev–Trinajstić information content (AvgIpc) is 3.10. The highest BCUT2D eigenvalue weighted by atomic mass is 32.2. The third kappa shape index (κ3) is 5.13. The van der Waals surface area contributed by atoms with Gasteiger partial charge in [0.15, 0.2) is 11.0 Å². The number of rotatable bonds is 9. The monoisotopic (exact) mass is 396 g/mol. The van der Waals surface area contributed by atoms with Crippen molar-refractivity contribution in [1.29, 1.82) is 0 Å². The number of thioether (sulfide) groups is 1. The molecule has 146 valence electrons. The molecular formula is C21H24N4O2S. The number of ether oxygens (including phenoxy) is 1. The molecule has 0 unspecified atom stereocenters. The lowest BCUT2D eigenvalue weighted by Crippen LogP contribution is -2.26. The van der Waals surface area contributed by atoms with Crippen molar-refractivity contribution < 1.29 is 9.53 Å². The molecule has 1 aromatic heterocycles. The van der Waals surface area contributed by atoms with Gasteiger partial charge in [0.05, 0.1) is 18.4 Å². The molecule has 0 saturated heterocycles. The summed E-state index contributed by atoms with van der Waals surface area (Å²) in [6, 6.07) is 18.0. The van der Waals surface area contributed by atoms with Crippen molar-refractivity contribution in [1.82, 2.24) is 20.1 Å². The van der Waals surface area contributed by atoms with Crippen molar-refractivity contribution >= 4 is 17.7 Å². The van der Waals surface area contributed by atoms with E-state index in [9.17, 15) is 4.79 Å². The smallest absolute Gasteiger partial charge is 0.230 e. The summed E-state index contributed by atoms with van der Waals surface area (Å²) in [5, 5.41) is 12.1. The molecule has 0 aliphatic carbocycles. The zero-order valence-corrected chi connectivity index (χ0v) is 16.9. The van der Waals surface area contributed by atoms with Crippen molar-refractivity contribution in [3.05, 3.63) is 60.2 Å². The fourth-order valence-corrected chi connectivity index (χ4v) is 3.59. The minimum Gasteiger partial charge on any atom is -0.496 e. The number of aryl methyl sites for hydroxylation is 1. The third-order valence-corrected chi connectivity index (χ3v) is 5.34. The molecule has 6 nitrogen and oxygen atoms in total. The van der Waals surface area contributed by atoms with E-state index in [2.05, 4.69) is 27.6 Å². The summed E-state index contributed by atoms with van der Waals surface area (Å²) in [4.78, 5) is 12.1. The van der Waals surface area contributed by atoms with Crippen molar-refractivity contribution in [2.75, 3.05) is 19.4 Å². The van der Waals surface area contributed by atoms with E-state index in [1.54, 1.807) is 7.11 Å². The fourth-order valence-electron chi connectivity index (χ4n) is 2.85. The van der Waals surface area contributed by atoms with Crippen LogP contribution in [0, 0.1) is 0 Å². The van der Waals surface area contributed by atoms with Crippen LogP contribution in [-0.2, 0) is 18.3 Å². The Balaban J connectivity index is 1.48. The lowest BCUT2D eigenvalue weighted by atomic mass is 10.1. The first-order valence-corrected chi connectivity index (χ1v) is 10.1. The standard InChI is InChI=1S/C21H24N4O2S/c1-25-20(17-12-6-7-13-18(17)27-2)23-24-21(25)28-15-19(26)22-14-8-11-16-9-4-3-5-10-16/h3-7,9-10,12-13H,8,11,14-15H2,1-2H3,(H,22,26). The Labute approximate surface area is 169 Å². The van der Waals surface area contributed by atoms with Gasteiger partial charge in [-0.15, -0.1) is 10.2 Å². The topological polar surface area (TPSA) is 69.0 Å². The van der Waals surface area contributed by atoms with Crippen LogP contribution in [0.3, 0.4) is 0 Å². The van der Waals surface area contributed by atoms with Gasteiger partial charge in [0, 0.05) is 13.6 Å².